The zero-order valence-corrected chi connectivity index (χ0v) is 12.3. The van der Waals surface area contributed by atoms with Gasteiger partial charge in [0.25, 0.3) is 0 Å². The smallest absolute Gasteiger partial charge is 0.305 e. The van der Waals surface area contributed by atoms with Gasteiger partial charge in [0, 0.05) is 18.2 Å². The number of unbranched alkanes of at least 4 members (excludes halogenated alkanes) is 2. The van der Waals surface area contributed by atoms with Crippen molar-refractivity contribution in [2.24, 2.45) is 0 Å². The van der Waals surface area contributed by atoms with Crippen LogP contribution in [0.15, 0.2) is 34.7 Å². The Morgan fingerprint density at radius 1 is 1.10 bits per heavy atom. The van der Waals surface area contributed by atoms with Crippen LogP contribution in [-0.4, -0.2) is 18.4 Å². The molecule has 0 fully saturated rings. The lowest BCUT2D eigenvalue weighted by Gasteiger charge is -2.01. The van der Waals surface area contributed by atoms with Crippen LogP contribution < -0.4 is 0 Å². The van der Waals surface area contributed by atoms with Gasteiger partial charge in [0.05, 0.1) is 6.61 Å². The first kappa shape index (κ1) is 15.3. The number of carbonyl (C=O) groups excluding carboxylic acids is 2. The largest absolute Gasteiger partial charge is 0.466 e. The molecule has 0 unspecified atom stereocenters. The zero-order chi connectivity index (χ0) is 15.1. The maximum absolute atomic E-state index is 12.0. The van der Waals surface area contributed by atoms with E-state index in [4.69, 9.17) is 9.15 Å². The minimum atomic E-state index is -0.166. The van der Waals surface area contributed by atoms with E-state index in [0.717, 1.165) is 30.2 Å². The summed E-state index contributed by atoms with van der Waals surface area (Å²) < 4.78 is 10.4. The quantitative estimate of drug-likeness (QED) is 0.416. The van der Waals surface area contributed by atoms with Gasteiger partial charge in [-0.3, -0.25) is 9.59 Å². The standard InChI is InChI=1S/C17H20O4/c1-2-20-17(19)11-5-3-4-9-14(18)16-12-13-8-6-7-10-15(13)21-16/h6-8,10,12H,2-5,9,11H2,1H3. The van der Waals surface area contributed by atoms with Gasteiger partial charge in [0.2, 0.25) is 0 Å². The molecule has 2 aromatic rings. The van der Waals surface area contributed by atoms with Gasteiger partial charge in [-0.1, -0.05) is 24.6 Å². The van der Waals surface area contributed by atoms with Crippen LogP contribution in [0.5, 0.6) is 0 Å². The molecular formula is C17H20O4. The molecule has 21 heavy (non-hydrogen) atoms. The lowest BCUT2D eigenvalue weighted by molar-refractivity contribution is -0.143. The molecule has 0 radical (unpaired) electrons. The number of Topliss-reactive ketones (excluding diaryl/α,β-unsaturated/α-hetero) is 1. The summed E-state index contributed by atoms with van der Waals surface area (Å²) in [4.78, 5) is 23.2. The molecule has 0 saturated carbocycles. The first-order valence-electron chi connectivity index (χ1n) is 7.38. The Morgan fingerprint density at radius 2 is 1.86 bits per heavy atom. The van der Waals surface area contributed by atoms with E-state index in [1.807, 2.05) is 24.3 Å². The Balaban J connectivity index is 1.73. The molecule has 0 aliphatic heterocycles. The summed E-state index contributed by atoms with van der Waals surface area (Å²) in [5, 5.41) is 0.947. The third kappa shape index (κ3) is 4.45. The molecule has 1 heterocycles. The van der Waals surface area contributed by atoms with Gasteiger partial charge >= 0.3 is 5.97 Å². The van der Waals surface area contributed by atoms with E-state index < -0.39 is 0 Å². The second-order valence-electron chi connectivity index (χ2n) is 4.94. The lowest BCUT2D eigenvalue weighted by Crippen LogP contribution is -2.03. The summed E-state index contributed by atoms with van der Waals surface area (Å²) in [6, 6.07) is 9.37. The Kier molecular flexibility index (Phi) is 5.55. The van der Waals surface area contributed by atoms with Crippen molar-refractivity contribution < 1.29 is 18.7 Å². The lowest BCUT2D eigenvalue weighted by atomic mass is 10.1. The molecule has 0 aliphatic carbocycles. The molecule has 0 bridgehead atoms. The van der Waals surface area contributed by atoms with Gasteiger partial charge in [-0.05, 0) is 31.9 Å². The molecule has 0 N–H and O–H groups in total. The predicted octanol–water partition coefficient (Wildman–Crippen LogP) is 4.13. The van der Waals surface area contributed by atoms with Crippen molar-refractivity contribution >= 4 is 22.7 Å². The van der Waals surface area contributed by atoms with Gasteiger partial charge < -0.3 is 9.15 Å². The van der Waals surface area contributed by atoms with Crippen LogP contribution in [0.3, 0.4) is 0 Å². The SMILES string of the molecule is CCOC(=O)CCCCCC(=O)c1cc2ccccc2o1. The van der Waals surface area contributed by atoms with Crippen molar-refractivity contribution in [3.05, 3.63) is 36.1 Å². The minimum absolute atomic E-state index is 0.0161. The van der Waals surface area contributed by atoms with Crippen molar-refractivity contribution in [3.8, 4) is 0 Å². The highest BCUT2D eigenvalue weighted by molar-refractivity contribution is 5.97. The van der Waals surface area contributed by atoms with Crippen LogP contribution in [0.4, 0.5) is 0 Å². The monoisotopic (exact) mass is 288 g/mol. The van der Waals surface area contributed by atoms with Crippen LogP contribution in [0.25, 0.3) is 11.0 Å². The second-order valence-corrected chi connectivity index (χ2v) is 4.94. The van der Waals surface area contributed by atoms with Crippen LogP contribution in [0.2, 0.25) is 0 Å². The number of hydrogen-bond donors (Lipinski definition) is 0. The summed E-state index contributed by atoms with van der Waals surface area (Å²) in [6.07, 6.45) is 3.22. The molecular weight excluding hydrogens is 268 g/mol. The molecule has 0 atom stereocenters. The average molecular weight is 288 g/mol. The highest BCUT2D eigenvalue weighted by Gasteiger charge is 2.11. The highest BCUT2D eigenvalue weighted by atomic mass is 16.5. The van der Waals surface area contributed by atoms with Crippen molar-refractivity contribution in [2.75, 3.05) is 6.61 Å². The van der Waals surface area contributed by atoms with Crippen LogP contribution in [0.1, 0.15) is 49.6 Å². The molecule has 0 saturated heterocycles. The van der Waals surface area contributed by atoms with Crippen molar-refractivity contribution in [1.29, 1.82) is 0 Å². The second kappa shape index (κ2) is 7.62. The van der Waals surface area contributed by atoms with E-state index in [1.165, 1.54) is 0 Å². The first-order chi connectivity index (χ1) is 10.2. The number of rotatable bonds is 8. The van der Waals surface area contributed by atoms with E-state index in [-0.39, 0.29) is 11.8 Å². The number of esters is 1. The average Bonchev–Trinajstić information content (AvgIpc) is 2.91. The first-order valence-corrected chi connectivity index (χ1v) is 7.38. The fraction of sp³-hybridized carbons (Fsp3) is 0.412. The summed E-state index contributed by atoms with van der Waals surface area (Å²) in [5.74, 6) is 0.269. The van der Waals surface area contributed by atoms with E-state index in [9.17, 15) is 9.59 Å². The van der Waals surface area contributed by atoms with Crippen molar-refractivity contribution in [2.45, 2.75) is 39.0 Å². The number of carbonyl (C=O) groups is 2. The number of ether oxygens (including phenoxy) is 1. The summed E-state index contributed by atoms with van der Waals surface area (Å²) in [6.45, 7) is 2.22. The van der Waals surface area contributed by atoms with Gasteiger partial charge in [0.15, 0.2) is 11.5 Å². The Bertz CT molecular complexity index is 579. The van der Waals surface area contributed by atoms with Gasteiger partial charge in [-0.25, -0.2) is 0 Å². The number of benzene rings is 1. The van der Waals surface area contributed by atoms with Crippen molar-refractivity contribution in [1.82, 2.24) is 0 Å². The topological polar surface area (TPSA) is 56.5 Å². The molecule has 0 aliphatic rings. The van der Waals surface area contributed by atoms with Crippen LogP contribution >= 0.6 is 0 Å². The normalized spacial score (nSPS) is 10.7. The minimum Gasteiger partial charge on any atom is -0.466 e. The van der Waals surface area contributed by atoms with Gasteiger partial charge in [-0.15, -0.1) is 0 Å². The zero-order valence-electron chi connectivity index (χ0n) is 12.3. The molecule has 4 nitrogen and oxygen atoms in total. The summed E-state index contributed by atoms with van der Waals surface area (Å²) in [7, 11) is 0. The fourth-order valence-electron chi connectivity index (χ4n) is 2.21. The van der Waals surface area contributed by atoms with Gasteiger partial charge in [0.1, 0.15) is 5.58 Å². The Labute approximate surface area is 124 Å². The number of fused-ring (bicyclic) bond motifs is 1. The molecule has 4 heteroatoms. The third-order valence-corrected chi connectivity index (χ3v) is 3.29. The Morgan fingerprint density at radius 3 is 2.62 bits per heavy atom. The maximum Gasteiger partial charge on any atom is 0.305 e. The number of furan rings is 1. The van der Waals surface area contributed by atoms with E-state index >= 15 is 0 Å². The van der Waals surface area contributed by atoms with E-state index in [2.05, 4.69) is 0 Å². The number of para-hydroxylation sites is 1. The number of ketones is 1. The fourth-order valence-corrected chi connectivity index (χ4v) is 2.21. The molecule has 1 aromatic carbocycles. The highest BCUT2D eigenvalue weighted by Crippen LogP contribution is 2.20. The molecule has 0 spiro atoms. The van der Waals surface area contributed by atoms with Crippen molar-refractivity contribution in [3.63, 3.8) is 0 Å². The van der Waals surface area contributed by atoms with Gasteiger partial charge in [-0.2, -0.15) is 0 Å². The van der Waals surface area contributed by atoms with E-state index in [0.29, 0.717) is 25.2 Å². The van der Waals surface area contributed by atoms with E-state index in [1.54, 1.807) is 13.0 Å². The maximum atomic E-state index is 12.0. The number of hydrogen-bond acceptors (Lipinski definition) is 4. The molecule has 1 aromatic heterocycles. The predicted molar refractivity (Wildman–Crippen MR) is 80.3 cm³/mol. The Hall–Kier alpha value is -2.10. The van der Waals surface area contributed by atoms with Crippen LogP contribution in [-0.2, 0) is 9.53 Å². The molecule has 2 rings (SSSR count). The van der Waals surface area contributed by atoms with Crippen LogP contribution in [0, 0.1) is 0 Å². The molecule has 112 valence electrons. The molecule has 0 amide bonds. The summed E-state index contributed by atoms with van der Waals surface area (Å²) >= 11 is 0. The third-order valence-electron chi connectivity index (χ3n) is 3.29. The summed E-state index contributed by atoms with van der Waals surface area (Å²) in [5.41, 5.74) is 0.739.